The lowest BCUT2D eigenvalue weighted by Gasteiger charge is -1.99. The summed E-state index contributed by atoms with van der Waals surface area (Å²) in [6.45, 7) is 1.97. The summed E-state index contributed by atoms with van der Waals surface area (Å²) >= 11 is 0. The van der Waals surface area contributed by atoms with Gasteiger partial charge in [0.15, 0.2) is 0 Å². The summed E-state index contributed by atoms with van der Waals surface area (Å²) in [7, 11) is 1.59. The van der Waals surface area contributed by atoms with Crippen LogP contribution in [0.2, 0.25) is 0 Å². The number of aliphatic hydroxyl groups is 1. The van der Waals surface area contributed by atoms with Gasteiger partial charge in [0, 0.05) is 7.11 Å². The molecule has 0 aromatic carbocycles. The van der Waals surface area contributed by atoms with Gasteiger partial charge >= 0.3 is 0 Å². The first kappa shape index (κ1) is 14.0. The Morgan fingerprint density at radius 3 is 1.93 bits per heavy atom. The molecule has 4 heteroatoms. The van der Waals surface area contributed by atoms with Gasteiger partial charge < -0.3 is 19.3 Å². The highest BCUT2D eigenvalue weighted by Crippen LogP contribution is 1.77. The van der Waals surface area contributed by atoms with Crippen LogP contribution in [0.25, 0.3) is 0 Å². The molecule has 0 aliphatic carbocycles. The molecule has 0 radical (unpaired) electrons. The molecular weight excluding hydrogens is 196 g/mol. The molecule has 0 spiro atoms. The molecule has 0 saturated heterocycles. The van der Waals surface area contributed by atoms with Gasteiger partial charge in [-0.3, -0.25) is 0 Å². The monoisotopic (exact) mass is 212 g/mol. The van der Waals surface area contributed by atoms with Crippen LogP contribution in [-0.2, 0) is 14.2 Å². The average molecular weight is 212 g/mol. The van der Waals surface area contributed by atoms with Crippen molar-refractivity contribution in [2.75, 3.05) is 46.8 Å². The van der Waals surface area contributed by atoms with E-state index < -0.39 is 0 Å². The molecule has 0 aliphatic heterocycles. The zero-order valence-corrected chi connectivity index (χ0v) is 8.91. The molecule has 0 saturated carbocycles. The van der Waals surface area contributed by atoms with Gasteiger partial charge in [0.1, 0.15) is 26.4 Å². The molecule has 0 atom stereocenters. The highest BCUT2D eigenvalue weighted by atomic mass is 16.5. The number of hydrogen-bond donors (Lipinski definition) is 1. The molecule has 0 unspecified atom stereocenters. The van der Waals surface area contributed by atoms with Gasteiger partial charge in [-0.15, -0.1) is 0 Å². The zero-order chi connectivity index (χ0) is 11.2. The van der Waals surface area contributed by atoms with E-state index in [1.54, 1.807) is 7.11 Å². The molecule has 15 heavy (non-hydrogen) atoms. The van der Waals surface area contributed by atoms with E-state index in [-0.39, 0.29) is 6.61 Å². The van der Waals surface area contributed by atoms with Gasteiger partial charge in [0.25, 0.3) is 0 Å². The highest BCUT2D eigenvalue weighted by Gasteiger charge is 1.85. The van der Waals surface area contributed by atoms with Gasteiger partial charge in [0.2, 0.25) is 0 Å². The Hall–Kier alpha value is -1.04. The fourth-order valence-electron chi connectivity index (χ4n) is 0.645. The molecule has 0 heterocycles. The molecule has 0 aliphatic rings. The van der Waals surface area contributed by atoms with E-state index in [0.717, 1.165) is 0 Å². The van der Waals surface area contributed by atoms with Crippen molar-refractivity contribution in [3.05, 3.63) is 0 Å². The number of hydrogen-bond acceptors (Lipinski definition) is 4. The van der Waals surface area contributed by atoms with Crippen LogP contribution in [0.1, 0.15) is 0 Å². The minimum Gasteiger partial charge on any atom is -0.384 e. The molecule has 4 nitrogen and oxygen atoms in total. The Kier molecular flexibility index (Phi) is 12.1. The second kappa shape index (κ2) is 13.0. The average Bonchev–Trinajstić information content (AvgIpc) is 2.26. The lowest BCUT2D eigenvalue weighted by Crippen LogP contribution is -2.04. The van der Waals surface area contributed by atoms with Crippen molar-refractivity contribution < 1.29 is 19.3 Å². The Morgan fingerprint density at radius 1 is 0.867 bits per heavy atom. The Morgan fingerprint density at radius 2 is 1.40 bits per heavy atom. The van der Waals surface area contributed by atoms with Crippen LogP contribution in [0.3, 0.4) is 0 Å². The first-order chi connectivity index (χ1) is 7.41. The first-order valence-electron chi connectivity index (χ1n) is 4.58. The topological polar surface area (TPSA) is 47.9 Å². The number of ether oxygens (including phenoxy) is 3. The van der Waals surface area contributed by atoms with Gasteiger partial charge in [-0.25, -0.2) is 0 Å². The maximum atomic E-state index is 8.33. The van der Waals surface area contributed by atoms with E-state index >= 15 is 0 Å². The minimum absolute atomic E-state index is 0.130. The van der Waals surface area contributed by atoms with Crippen molar-refractivity contribution in [3.63, 3.8) is 0 Å². The minimum atomic E-state index is -0.130. The summed E-state index contributed by atoms with van der Waals surface area (Å²) in [5.41, 5.74) is 0. The van der Waals surface area contributed by atoms with Crippen LogP contribution in [0, 0.1) is 23.7 Å². The van der Waals surface area contributed by atoms with E-state index in [1.165, 1.54) is 0 Å². The summed E-state index contributed by atoms with van der Waals surface area (Å²) in [5.74, 6) is 10.7. The normalized spacial score (nSPS) is 8.67. The Labute approximate surface area is 90.5 Å². The quantitative estimate of drug-likeness (QED) is 0.483. The molecule has 0 bridgehead atoms. The number of aliphatic hydroxyl groups excluding tert-OH is 1. The van der Waals surface area contributed by atoms with Crippen LogP contribution in [0.4, 0.5) is 0 Å². The summed E-state index contributed by atoms with van der Waals surface area (Å²) < 4.78 is 15.0. The van der Waals surface area contributed by atoms with Crippen molar-refractivity contribution in [1.29, 1.82) is 0 Å². The summed E-state index contributed by atoms with van der Waals surface area (Å²) in [6.07, 6.45) is 0. The van der Waals surface area contributed by atoms with Crippen LogP contribution in [0.15, 0.2) is 0 Å². The molecule has 0 amide bonds. The van der Waals surface area contributed by atoms with Gasteiger partial charge in [-0.1, -0.05) is 23.7 Å². The first-order valence-corrected chi connectivity index (χ1v) is 4.58. The van der Waals surface area contributed by atoms with Crippen molar-refractivity contribution >= 4 is 0 Å². The predicted molar refractivity (Wildman–Crippen MR) is 56.2 cm³/mol. The third-order valence-corrected chi connectivity index (χ3v) is 1.27. The second-order valence-electron chi connectivity index (χ2n) is 2.40. The number of rotatable bonds is 6. The van der Waals surface area contributed by atoms with Crippen LogP contribution in [0.5, 0.6) is 0 Å². The highest BCUT2D eigenvalue weighted by molar-refractivity contribution is 4.99. The maximum absolute atomic E-state index is 8.33. The van der Waals surface area contributed by atoms with Crippen LogP contribution in [-0.4, -0.2) is 51.9 Å². The molecule has 0 fully saturated rings. The maximum Gasteiger partial charge on any atom is 0.107 e. The largest absolute Gasteiger partial charge is 0.384 e. The van der Waals surface area contributed by atoms with E-state index in [2.05, 4.69) is 23.7 Å². The third-order valence-electron chi connectivity index (χ3n) is 1.27. The van der Waals surface area contributed by atoms with E-state index in [1.807, 2.05) is 0 Å². The van der Waals surface area contributed by atoms with Crippen molar-refractivity contribution in [2.24, 2.45) is 0 Å². The molecule has 1 N–H and O–H groups in total. The van der Waals surface area contributed by atoms with Crippen molar-refractivity contribution in [3.8, 4) is 23.7 Å². The van der Waals surface area contributed by atoms with E-state index in [4.69, 9.17) is 19.3 Å². The van der Waals surface area contributed by atoms with E-state index in [0.29, 0.717) is 33.0 Å². The smallest absolute Gasteiger partial charge is 0.107 e. The fourth-order valence-corrected chi connectivity index (χ4v) is 0.645. The zero-order valence-electron chi connectivity index (χ0n) is 8.91. The van der Waals surface area contributed by atoms with Gasteiger partial charge in [-0.2, -0.15) is 0 Å². The molecule has 0 rings (SSSR count). The molecule has 0 aromatic rings. The molecule has 84 valence electrons. The third kappa shape index (κ3) is 13.0. The van der Waals surface area contributed by atoms with Crippen LogP contribution < -0.4 is 0 Å². The fraction of sp³-hybridized carbons (Fsp3) is 0.636. The standard InChI is InChI=1S/C11H16O4/c1-13-7-4-5-9-15-11-10-14-8-3-2-6-12/h12H,6-11H2,1H3. The molecule has 0 aromatic heterocycles. The SMILES string of the molecule is COCC#CCOCCOCC#CCO. The van der Waals surface area contributed by atoms with Crippen LogP contribution >= 0.6 is 0 Å². The van der Waals surface area contributed by atoms with Gasteiger partial charge in [0.05, 0.1) is 13.2 Å². The lowest BCUT2D eigenvalue weighted by atomic mass is 10.6. The van der Waals surface area contributed by atoms with Gasteiger partial charge in [-0.05, 0) is 0 Å². The Bertz CT molecular complexity index is 241. The Balaban J connectivity index is 3.09. The van der Waals surface area contributed by atoms with Crippen molar-refractivity contribution in [1.82, 2.24) is 0 Å². The summed E-state index contributed by atoms with van der Waals surface area (Å²) in [6, 6.07) is 0. The summed E-state index contributed by atoms with van der Waals surface area (Å²) in [5, 5.41) is 8.33. The van der Waals surface area contributed by atoms with E-state index in [9.17, 15) is 0 Å². The van der Waals surface area contributed by atoms with Crippen molar-refractivity contribution in [2.45, 2.75) is 0 Å². The predicted octanol–water partition coefficient (Wildman–Crippen LogP) is -0.335. The summed E-state index contributed by atoms with van der Waals surface area (Å²) in [4.78, 5) is 0. The molecular formula is C11H16O4. The number of methoxy groups -OCH3 is 1. The second-order valence-corrected chi connectivity index (χ2v) is 2.40. The lowest BCUT2D eigenvalue weighted by molar-refractivity contribution is 0.0748.